The summed E-state index contributed by atoms with van der Waals surface area (Å²) in [6.45, 7) is 3.87. The zero-order valence-electron chi connectivity index (χ0n) is 9.50. The second-order valence-electron chi connectivity index (χ2n) is 3.95. The highest BCUT2D eigenvalue weighted by Crippen LogP contribution is 2.34. The van der Waals surface area contributed by atoms with Crippen molar-refractivity contribution in [1.82, 2.24) is 0 Å². The third-order valence-electron chi connectivity index (χ3n) is 2.60. The number of aryl methyl sites for hydroxylation is 2. The first-order valence-electron chi connectivity index (χ1n) is 5.19. The van der Waals surface area contributed by atoms with E-state index in [1.165, 1.54) is 17.4 Å². The van der Waals surface area contributed by atoms with Crippen molar-refractivity contribution in [3.63, 3.8) is 0 Å². The summed E-state index contributed by atoms with van der Waals surface area (Å²) < 4.78 is 13.8. The second-order valence-corrected chi connectivity index (χ2v) is 5.64. The normalized spacial score (nSPS) is 12.8. The van der Waals surface area contributed by atoms with Crippen LogP contribution >= 0.6 is 22.9 Å². The third-order valence-corrected chi connectivity index (χ3v) is 4.10. The van der Waals surface area contributed by atoms with Crippen LogP contribution < -0.4 is 0 Å². The van der Waals surface area contributed by atoms with Gasteiger partial charge in [-0.05, 0) is 31.5 Å². The lowest BCUT2D eigenvalue weighted by Gasteiger charge is -2.12. The Hall–Kier alpha value is -0.900. The molecule has 0 saturated heterocycles. The lowest BCUT2D eigenvalue weighted by Crippen LogP contribution is -2.02. The van der Waals surface area contributed by atoms with E-state index in [9.17, 15) is 9.50 Å². The number of aliphatic hydroxyl groups excluding tert-OH is 1. The summed E-state index contributed by atoms with van der Waals surface area (Å²) in [7, 11) is 0. The Morgan fingerprint density at radius 3 is 2.65 bits per heavy atom. The van der Waals surface area contributed by atoms with Crippen LogP contribution in [0.3, 0.4) is 0 Å². The molecule has 0 radical (unpaired) electrons. The Kier molecular flexibility index (Phi) is 3.52. The molecule has 1 aromatic carbocycles. The topological polar surface area (TPSA) is 20.2 Å². The predicted molar refractivity (Wildman–Crippen MR) is 69.3 cm³/mol. The van der Waals surface area contributed by atoms with Gasteiger partial charge in [-0.1, -0.05) is 23.7 Å². The van der Waals surface area contributed by atoms with E-state index in [-0.39, 0.29) is 10.6 Å². The van der Waals surface area contributed by atoms with Crippen molar-refractivity contribution < 1.29 is 9.50 Å². The van der Waals surface area contributed by atoms with Crippen molar-refractivity contribution in [3.05, 3.63) is 56.0 Å². The molecule has 0 fully saturated rings. The Morgan fingerprint density at radius 2 is 2.06 bits per heavy atom. The molecule has 0 amide bonds. The summed E-state index contributed by atoms with van der Waals surface area (Å²) in [6.07, 6.45) is -0.951. The minimum atomic E-state index is -0.951. The number of benzene rings is 1. The van der Waals surface area contributed by atoms with E-state index in [0.29, 0.717) is 0 Å². The van der Waals surface area contributed by atoms with Crippen molar-refractivity contribution >= 4 is 22.9 Å². The molecule has 1 atom stereocenters. The van der Waals surface area contributed by atoms with Gasteiger partial charge in [0, 0.05) is 15.3 Å². The van der Waals surface area contributed by atoms with Crippen LogP contribution in [0.2, 0.25) is 5.02 Å². The molecular formula is C13H12ClFOS. The Balaban J connectivity index is 2.47. The van der Waals surface area contributed by atoms with Crippen LogP contribution in [-0.2, 0) is 0 Å². The lowest BCUT2D eigenvalue weighted by molar-refractivity contribution is 0.218. The molecular weight excluding hydrogens is 259 g/mol. The van der Waals surface area contributed by atoms with Gasteiger partial charge >= 0.3 is 0 Å². The minimum absolute atomic E-state index is 0.0347. The molecule has 4 heteroatoms. The van der Waals surface area contributed by atoms with Gasteiger partial charge in [-0.15, -0.1) is 11.3 Å². The molecule has 1 nitrogen and oxygen atoms in total. The molecule has 17 heavy (non-hydrogen) atoms. The highest BCUT2D eigenvalue weighted by atomic mass is 35.5. The molecule has 0 saturated carbocycles. The van der Waals surface area contributed by atoms with E-state index >= 15 is 0 Å². The molecule has 0 aliphatic heterocycles. The average Bonchev–Trinajstić information content (AvgIpc) is 2.61. The number of hydrogen-bond donors (Lipinski definition) is 1. The molecule has 2 aromatic rings. The predicted octanol–water partition coefficient (Wildman–Crippen LogP) is 4.24. The van der Waals surface area contributed by atoms with Gasteiger partial charge < -0.3 is 5.11 Å². The van der Waals surface area contributed by atoms with Gasteiger partial charge in [0.25, 0.3) is 0 Å². The zero-order valence-corrected chi connectivity index (χ0v) is 11.1. The first-order chi connectivity index (χ1) is 8.00. The molecule has 0 spiro atoms. The van der Waals surface area contributed by atoms with Crippen molar-refractivity contribution in [3.8, 4) is 0 Å². The Labute approximate surface area is 108 Å². The van der Waals surface area contributed by atoms with Crippen molar-refractivity contribution in [2.24, 2.45) is 0 Å². The lowest BCUT2D eigenvalue weighted by atomic mass is 10.1. The van der Waals surface area contributed by atoms with Crippen LogP contribution in [0.25, 0.3) is 0 Å². The van der Waals surface area contributed by atoms with Crippen molar-refractivity contribution in [1.29, 1.82) is 0 Å². The van der Waals surface area contributed by atoms with E-state index in [1.807, 2.05) is 19.9 Å². The first-order valence-corrected chi connectivity index (χ1v) is 6.39. The third kappa shape index (κ3) is 2.37. The summed E-state index contributed by atoms with van der Waals surface area (Å²) in [5.74, 6) is -0.549. The van der Waals surface area contributed by atoms with Crippen molar-refractivity contribution in [2.45, 2.75) is 20.0 Å². The van der Waals surface area contributed by atoms with E-state index < -0.39 is 11.9 Å². The summed E-state index contributed by atoms with van der Waals surface area (Å²) >= 11 is 7.18. The summed E-state index contributed by atoms with van der Waals surface area (Å²) in [4.78, 5) is 1.86. The standard InChI is InChI=1S/C13H12ClFOS/c1-7-6-8(2)17-13(7)12(16)9-4-3-5-10(14)11(9)15/h3-6,12,16H,1-2H3. The fourth-order valence-electron chi connectivity index (χ4n) is 1.80. The number of aliphatic hydroxyl groups is 1. The van der Waals surface area contributed by atoms with Crippen LogP contribution in [0.1, 0.15) is 27.0 Å². The summed E-state index contributed by atoms with van der Waals surface area (Å²) in [6, 6.07) is 6.64. The van der Waals surface area contributed by atoms with E-state index in [1.54, 1.807) is 12.1 Å². The molecule has 1 N–H and O–H groups in total. The maximum absolute atomic E-state index is 13.8. The van der Waals surface area contributed by atoms with Gasteiger partial charge in [0.15, 0.2) is 0 Å². The van der Waals surface area contributed by atoms with Crippen LogP contribution in [0, 0.1) is 19.7 Å². The van der Waals surface area contributed by atoms with Gasteiger partial charge in [-0.25, -0.2) is 4.39 Å². The summed E-state index contributed by atoms with van der Waals surface area (Å²) in [5.41, 5.74) is 1.20. The van der Waals surface area contributed by atoms with Gasteiger partial charge in [0.1, 0.15) is 11.9 Å². The molecule has 1 unspecified atom stereocenters. The van der Waals surface area contributed by atoms with Gasteiger partial charge in [0.2, 0.25) is 0 Å². The molecule has 1 heterocycles. The van der Waals surface area contributed by atoms with Gasteiger partial charge in [-0.2, -0.15) is 0 Å². The fraction of sp³-hybridized carbons (Fsp3) is 0.231. The van der Waals surface area contributed by atoms with Crippen LogP contribution in [0.4, 0.5) is 4.39 Å². The van der Waals surface area contributed by atoms with E-state index in [4.69, 9.17) is 11.6 Å². The quantitative estimate of drug-likeness (QED) is 0.865. The number of halogens is 2. The van der Waals surface area contributed by atoms with Gasteiger partial charge in [-0.3, -0.25) is 0 Å². The minimum Gasteiger partial charge on any atom is -0.383 e. The molecule has 1 aromatic heterocycles. The monoisotopic (exact) mass is 270 g/mol. The van der Waals surface area contributed by atoms with Crippen LogP contribution in [0.5, 0.6) is 0 Å². The molecule has 0 bridgehead atoms. The van der Waals surface area contributed by atoms with Crippen molar-refractivity contribution in [2.75, 3.05) is 0 Å². The Bertz CT molecular complexity index is 550. The summed E-state index contributed by atoms with van der Waals surface area (Å²) in [5, 5.41) is 10.2. The number of thiophene rings is 1. The highest BCUT2D eigenvalue weighted by Gasteiger charge is 2.20. The highest BCUT2D eigenvalue weighted by molar-refractivity contribution is 7.12. The van der Waals surface area contributed by atoms with E-state index in [2.05, 4.69) is 0 Å². The SMILES string of the molecule is Cc1cc(C)c(C(O)c2cccc(Cl)c2F)s1. The number of hydrogen-bond acceptors (Lipinski definition) is 2. The molecule has 2 rings (SSSR count). The largest absolute Gasteiger partial charge is 0.383 e. The zero-order chi connectivity index (χ0) is 12.6. The average molecular weight is 271 g/mol. The fourth-order valence-corrected chi connectivity index (χ4v) is 3.03. The second kappa shape index (κ2) is 4.77. The number of rotatable bonds is 2. The molecule has 90 valence electrons. The Morgan fingerprint density at radius 1 is 1.35 bits per heavy atom. The smallest absolute Gasteiger partial charge is 0.147 e. The molecule has 0 aliphatic rings. The molecule has 0 aliphatic carbocycles. The first kappa shape index (κ1) is 12.6. The van der Waals surface area contributed by atoms with Crippen LogP contribution in [0.15, 0.2) is 24.3 Å². The van der Waals surface area contributed by atoms with E-state index in [0.717, 1.165) is 15.3 Å². The van der Waals surface area contributed by atoms with Crippen LogP contribution in [-0.4, -0.2) is 5.11 Å². The van der Waals surface area contributed by atoms with Gasteiger partial charge in [0.05, 0.1) is 5.02 Å². The maximum atomic E-state index is 13.8. The maximum Gasteiger partial charge on any atom is 0.147 e.